The molecule has 1 amide bonds. The number of carbonyl (C=O) groups is 1. The summed E-state index contributed by atoms with van der Waals surface area (Å²) in [7, 11) is 1.61. The van der Waals surface area contributed by atoms with Gasteiger partial charge in [-0.3, -0.25) is 4.79 Å². The zero-order valence-electron chi connectivity index (χ0n) is 14.0. The van der Waals surface area contributed by atoms with Gasteiger partial charge in [0.1, 0.15) is 11.4 Å². The van der Waals surface area contributed by atoms with Crippen LogP contribution in [-0.2, 0) is 0 Å². The van der Waals surface area contributed by atoms with E-state index in [1.807, 2.05) is 25.1 Å². The number of nitrogens with one attached hydrogen (secondary N) is 1. The first kappa shape index (κ1) is 16.5. The van der Waals surface area contributed by atoms with Crippen molar-refractivity contribution in [2.45, 2.75) is 44.8 Å². The summed E-state index contributed by atoms with van der Waals surface area (Å²) >= 11 is 0. The first-order chi connectivity index (χ1) is 11.6. The van der Waals surface area contributed by atoms with Crippen molar-refractivity contribution in [2.24, 2.45) is 0 Å². The standard InChI is InChI=1S/C18H23N3O3/c1-12-3-8-17(24-2)16(11-12)21-10-9-15(20-21)18(23)19-13-4-6-14(22)7-5-13/h3,8-11,13-14,22H,4-7H2,1-2H3,(H,19,23). The number of amides is 1. The second kappa shape index (κ2) is 7.05. The van der Waals surface area contributed by atoms with Crippen LogP contribution < -0.4 is 10.1 Å². The maximum absolute atomic E-state index is 12.4. The summed E-state index contributed by atoms with van der Waals surface area (Å²) in [5.74, 6) is 0.527. The number of benzene rings is 1. The summed E-state index contributed by atoms with van der Waals surface area (Å²) in [6.07, 6.45) is 4.61. The molecule has 24 heavy (non-hydrogen) atoms. The molecule has 0 radical (unpaired) electrons. The predicted octanol–water partition coefficient (Wildman–Crippen LogP) is 2.22. The Labute approximate surface area is 141 Å². The second-order valence-corrected chi connectivity index (χ2v) is 6.30. The van der Waals surface area contributed by atoms with E-state index >= 15 is 0 Å². The van der Waals surface area contributed by atoms with Crippen LogP contribution in [0.4, 0.5) is 0 Å². The molecule has 0 aliphatic heterocycles. The summed E-state index contributed by atoms with van der Waals surface area (Å²) < 4.78 is 7.03. The van der Waals surface area contributed by atoms with Crippen LogP contribution in [0.2, 0.25) is 0 Å². The van der Waals surface area contributed by atoms with Gasteiger partial charge in [-0.15, -0.1) is 0 Å². The third kappa shape index (κ3) is 3.59. The predicted molar refractivity (Wildman–Crippen MR) is 90.6 cm³/mol. The van der Waals surface area contributed by atoms with Gasteiger partial charge in [0.05, 0.1) is 13.2 Å². The number of aliphatic hydroxyl groups excluding tert-OH is 1. The highest BCUT2D eigenvalue weighted by molar-refractivity contribution is 5.92. The van der Waals surface area contributed by atoms with Crippen LogP contribution in [0, 0.1) is 6.92 Å². The summed E-state index contributed by atoms with van der Waals surface area (Å²) in [5.41, 5.74) is 2.27. The van der Waals surface area contributed by atoms with Gasteiger partial charge in [-0.1, -0.05) is 6.07 Å². The molecule has 3 rings (SSSR count). The van der Waals surface area contributed by atoms with Crippen molar-refractivity contribution in [1.29, 1.82) is 0 Å². The fourth-order valence-electron chi connectivity index (χ4n) is 3.04. The molecule has 0 atom stereocenters. The molecule has 1 aliphatic rings. The van der Waals surface area contributed by atoms with Crippen molar-refractivity contribution in [3.05, 3.63) is 41.7 Å². The normalized spacial score (nSPS) is 20.6. The molecule has 0 unspecified atom stereocenters. The van der Waals surface area contributed by atoms with Gasteiger partial charge in [-0.2, -0.15) is 5.10 Å². The van der Waals surface area contributed by atoms with Gasteiger partial charge in [-0.25, -0.2) is 4.68 Å². The average Bonchev–Trinajstić information content (AvgIpc) is 3.07. The van der Waals surface area contributed by atoms with Crippen LogP contribution in [0.3, 0.4) is 0 Å². The SMILES string of the molecule is COc1ccc(C)cc1-n1ccc(C(=O)NC2CCC(O)CC2)n1. The van der Waals surface area contributed by atoms with E-state index in [1.54, 1.807) is 24.1 Å². The van der Waals surface area contributed by atoms with Crippen molar-refractivity contribution in [3.8, 4) is 11.4 Å². The summed E-state index contributed by atoms with van der Waals surface area (Å²) in [5, 5.41) is 16.9. The molecule has 2 N–H and O–H groups in total. The Kier molecular flexibility index (Phi) is 4.85. The van der Waals surface area contributed by atoms with Gasteiger partial charge < -0.3 is 15.2 Å². The van der Waals surface area contributed by atoms with E-state index in [0.717, 1.165) is 36.9 Å². The average molecular weight is 329 g/mol. The second-order valence-electron chi connectivity index (χ2n) is 6.30. The van der Waals surface area contributed by atoms with E-state index in [9.17, 15) is 9.90 Å². The van der Waals surface area contributed by atoms with E-state index < -0.39 is 0 Å². The Bertz CT molecular complexity index is 718. The molecular formula is C18H23N3O3. The third-order valence-electron chi connectivity index (χ3n) is 4.43. The lowest BCUT2D eigenvalue weighted by Crippen LogP contribution is -2.38. The van der Waals surface area contributed by atoms with Crippen molar-refractivity contribution < 1.29 is 14.6 Å². The highest BCUT2D eigenvalue weighted by Gasteiger charge is 2.22. The minimum atomic E-state index is -0.230. The lowest BCUT2D eigenvalue weighted by atomic mass is 9.93. The van der Waals surface area contributed by atoms with Gasteiger partial charge in [-0.05, 0) is 56.4 Å². The third-order valence-corrected chi connectivity index (χ3v) is 4.43. The van der Waals surface area contributed by atoms with Crippen molar-refractivity contribution in [3.63, 3.8) is 0 Å². The Morgan fingerprint density at radius 3 is 2.75 bits per heavy atom. The first-order valence-electron chi connectivity index (χ1n) is 8.26. The van der Waals surface area contributed by atoms with E-state index in [-0.39, 0.29) is 18.1 Å². The van der Waals surface area contributed by atoms with Gasteiger partial charge in [0.25, 0.3) is 5.91 Å². The number of methoxy groups -OCH3 is 1. The smallest absolute Gasteiger partial charge is 0.272 e. The van der Waals surface area contributed by atoms with E-state index in [1.165, 1.54) is 0 Å². The molecule has 1 aliphatic carbocycles. The van der Waals surface area contributed by atoms with Crippen LogP contribution in [-0.4, -0.2) is 40.0 Å². The highest BCUT2D eigenvalue weighted by Crippen LogP contribution is 2.23. The van der Waals surface area contributed by atoms with Crippen LogP contribution in [0.25, 0.3) is 5.69 Å². The van der Waals surface area contributed by atoms with Crippen molar-refractivity contribution in [2.75, 3.05) is 7.11 Å². The van der Waals surface area contributed by atoms with E-state index in [4.69, 9.17) is 4.74 Å². The van der Waals surface area contributed by atoms with Crippen LogP contribution in [0.1, 0.15) is 41.7 Å². The first-order valence-corrected chi connectivity index (χ1v) is 8.26. The number of ether oxygens (including phenoxy) is 1. The summed E-state index contributed by atoms with van der Waals surface area (Å²) in [4.78, 5) is 12.4. The minimum absolute atomic E-state index is 0.111. The quantitative estimate of drug-likeness (QED) is 0.902. The lowest BCUT2D eigenvalue weighted by molar-refractivity contribution is 0.0863. The molecule has 1 heterocycles. The monoisotopic (exact) mass is 329 g/mol. The molecule has 128 valence electrons. The summed E-state index contributed by atoms with van der Waals surface area (Å²) in [6, 6.07) is 7.64. The number of hydrogen-bond donors (Lipinski definition) is 2. The van der Waals surface area contributed by atoms with Crippen LogP contribution >= 0.6 is 0 Å². The highest BCUT2D eigenvalue weighted by atomic mass is 16.5. The van der Waals surface area contributed by atoms with Crippen LogP contribution in [0.15, 0.2) is 30.5 Å². The Morgan fingerprint density at radius 1 is 1.29 bits per heavy atom. The molecule has 1 aromatic heterocycles. The van der Waals surface area contributed by atoms with Gasteiger partial charge in [0.2, 0.25) is 0 Å². The van der Waals surface area contributed by atoms with Crippen molar-refractivity contribution >= 4 is 5.91 Å². The molecule has 0 saturated heterocycles. The van der Waals surface area contributed by atoms with Crippen LogP contribution in [0.5, 0.6) is 5.75 Å². The van der Waals surface area contributed by atoms with E-state index in [2.05, 4.69) is 10.4 Å². The molecule has 1 fully saturated rings. The molecule has 0 spiro atoms. The zero-order chi connectivity index (χ0) is 17.1. The molecule has 6 nitrogen and oxygen atoms in total. The van der Waals surface area contributed by atoms with Crippen molar-refractivity contribution in [1.82, 2.24) is 15.1 Å². The summed E-state index contributed by atoms with van der Waals surface area (Å²) in [6.45, 7) is 2.00. The number of aromatic nitrogens is 2. The number of rotatable bonds is 4. The molecular weight excluding hydrogens is 306 g/mol. The topological polar surface area (TPSA) is 76.4 Å². The molecule has 1 aromatic carbocycles. The van der Waals surface area contributed by atoms with E-state index in [0.29, 0.717) is 11.4 Å². The van der Waals surface area contributed by atoms with Gasteiger partial charge >= 0.3 is 0 Å². The maximum Gasteiger partial charge on any atom is 0.272 e. The Morgan fingerprint density at radius 2 is 2.04 bits per heavy atom. The largest absolute Gasteiger partial charge is 0.494 e. The lowest BCUT2D eigenvalue weighted by Gasteiger charge is -2.25. The Balaban J connectivity index is 1.73. The molecule has 2 aromatic rings. The van der Waals surface area contributed by atoms with Gasteiger partial charge in [0, 0.05) is 12.2 Å². The molecule has 6 heteroatoms. The fraction of sp³-hybridized carbons (Fsp3) is 0.444. The number of carbonyl (C=O) groups excluding carboxylic acids is 1. The fourth-order valence-corrected chi connectivity index (χ4v) is 3.04. The number of aliphatic hydroxyl groups is 1. The molecule has 1 saturated carbocycles. The minimum Gasteiger partial charge on any atom is -0.494 e. The zero-order valence-corrected chi connectivity index (χ0v) is 14.0. The number of nitrogens with zero attached hydrogens (tertiary/aromatic N) is 2. The maximum atomic E-state index is 12.4. The van der Waals surface area contributed by atoms with Gasteiger partial charge in [0.15, 0.2) is 5.69 Å². The molecule has 0 bridgehead atoms. The number of aryl methyl sites for hydroxylation is 1. The number of hydrogen-bond acceptors (Lipinski definition) is 4. The Hall–Kier alpha value is -2.34.